The summed E-state index contributed by atoms with van der Waals surface area (Å²) in [5.41, 5.74) is 5.16. The number of rotatable bonds is 3. The summed E-state index contributed by atoms with van der Waals surface area (Å²) in [4.78, 5) is 0. The number of nitrogens with two attached hydrogens (primary N) is 1. The highest BCUT2D eigenvalue weighted by atomic mass is 19.3. The van der Waals surface area contributed by atoms with Gasteiger partial charge in [-0.05, 0) is 18.9 Å². The summed E-state index contributed by atoms with van der Waals surface area (Å²) in [5, 5.41) is 0. The summed E-state index contributed by atoms with van der Waals surface area (Å²) >= 11 is 0. The van der Waals surface area contributed by atoms with Crippen LogP contribution < -0.4 is 5.73 Å². The lowest BCUT2D eigenvalue weighted by Crippen LogP contribution is -2.18. The highest BCUT2D eigenvalue weighted by Crippen LogP contribution is 2.24. The molecule has 78 valence electrons. The van der Waals surface area contributed by atoms with Crippen LogP contribution in [0.15, 0.2) is 18.2 Å². The van der Waals surface area contributed by atoms with Gasteiger partial charge >= 0.3 is 0 Å². The number of hydrogen-bond donors (Lipinski definition) is 1. The average molecular weight is 203 g/mol. The molecule has 1 unspecified atom stereocenters. The van der Waals surface area contributed by atoms with Gasteiger partial charge in [0, 0.05) is 6.04 Å². The summed E-state index contributed by atoms with van der Waals surface area (Å²) in [7, 11) is 0. The zero-order chi connectivity index (χ0) is 10.7. The largest absolute Gasteiger partial charge is 0.328 e. The molecule has 4 heteroatoms. The van der Waals surface area contributed by atoms with Crippen molar-refractivity contribution in [2.75, 3.05) is 0 Å². The molecule has 0 spiro atoms. The third kappa shape index (κ3) is 2.48. The van der Waals surface area contributed by atoms with Gasteiger partial charge in [0.25, 0.3) is 6.43 Å². The molecule has 1 rings (SSSR count). The van der Waals surface area contributed by atoms with E-state index in [0.29, 0.717) is 0 Å². The molecule has 0 aliphatic carbocycles. The second-order valence-corrected chi connectivity index (χ2v) is 3.30. The van der Waals surface area contributed by atoms with Crippen LogP contribution in [0, 0.1) is 5.82 Å². The molecule has 0 aliphatic heterocycles. The lowest BCUT2D eigenvalue weighted by molar-refractivity contribution is 0.146. The van der Waals surface area contributed by atoms with Crippen LogP contribution in [-0.4, -0.2) is 6.04 Å². The average Bonchev–Trinajstić information content (AvgIpc) is 2.07. The molecule has 0 aromatic heterocycles. The Bertz CT molecular complexity index is 310. The number of benzene rings is 1. The van der Waals surface area contributed by atoms with Crippen molar-refractivity contribution in [2.24, 2.45) is 5.73 Å². The van der Waals surface area contributed by atoms with Crippen molar-refractivity contribution < 1.29 is 13.2 Å². The number of halogens is 3. The van der Waals surface area contributed by atoms with E-state index in [-0.39, 0.29) is 18.0 Å². The zero-order valence-corrected chi connectivity index (χ0v) is 7.81. The monoisotopic (exact) mass is 203 g/mol. The van der Waals surface area contributed by atoms with Gasteiger partial charge in [-0.25, -0.2) is 13.2 Å². The minimum Gasteiger partial charge on any atom is -0.328 e. The van der Waals surface area contributed by atoms with E-state index in [1.165, 1.54) is 12.1 Å². The van der Waals surface area contributed by atoms with Gasteiger partial charge < -0.3 is 5.73 Å². The Hall–Kier alpha value is -1.03. The fraction of sp³-hybridized carbons (Fsp3) is 0.400. The third-order valence-corrected chi connectivity index (χ3v) is 1.89. The maximum atomic E-state index is 13.3. The van der Waals surface area contributed by atoms with E-state index in [1.807, 2.05) is 0 Å². The Kier molecular flexibility index (Phi) is 3.52. The number of hydrogen-bond acceptors (Lipinski definition) is 1. The van der Waals surface area contributed by atoms with Crippen LogP contribution in [-0.2, 0) is 6.42 Å². The summed E-state index contributed by atoms with van der Waals surface area (Å²) in [5.74, 6) is -0.834. The van der Waals surface area contributed by atoms with Crippen LogP contribution in [0.4, 0.5) is 13.2 Å². The smallest absolute Gasteiger partial charge is 0.266 e. The van der Waals surface area contributed by atoms with Crippen molar-refractivity contribution in [3.05, 3.63) is 35.1 Å². The second-order valence-electron chi connectivity index (χ2n) is 3.30. The van der Waals surface area contributed by atoms with E-state index < -0.39 is 17.8 Å². The molecule has 1 atom stereocenters. The summed E-state index contributed by atoms with van der Waals surface area (Å²) < 4.78 is 37.9. The molecule has 0 bridgehead atoms. The van der Waals surface area contributed by atoms with Gasteiger partial charge in [0.1, 0.15) is 5.82 Å². The fourth-order valence-corrected chi connectivity index (χ4v) is 1.27. The van der Waals surface area contributed by atoms with Gasteiger partial charge in [0.05, 0.1) is 5.56 Å². The topological polar surface area (TPSA) is 26.0 Å². The molecule has 14 heavy (non-hydrogen) atoms. The Morgan fingerprint density at radius 2 is 2.00 bits per heavy atom. The van der Waals surface area contributed by atoms with Gasteiger partial charge in [-0.1, -0.05) is 18.2 Å². The molecule has 1 aromatic carbocycles. The second kappa shape index (κ2) is 4.46. The van der Waals surface area contributed by atoms with Crippen molar-refractivity contribution in [1.82, 2.24) is 0 Å². The molecule has 0 heterocycles. The van der Waals surface area contributed by atoms with Crippen LogP contribution in [0.2, 0.25) is 0 Å². The molecule has 0 radical (unpaired) electrons. The lowest BCUT2D eigenvalue weighted by atomic mass is 10.0. The molecule has 0 fully saturated rings. The van der Waals surface area contributed by atoms with E-state index in [9.17, 15) is 13.2 Å². The quantitative estimate of drug-likeness (QED) is 0.802. The first-order chi connectivity index (χ1) is 6.52. The van der Waals surface area contributed by atoms with Crippen LogP contribution >= 0.6 is 0 Å². The fourth-order valence-electron chi connectivity index (χ4n) is 1.27. The van der Waals surface area contributed by atoms with Crippen LogP contribution in [0.3, 0.4) is 0 Å². The molecule has 1 aromatic rings. The minimum atomic E-state index is -2.77. The third-order valence-electron chi connectivity index (χ3n) is 1.89. The maximum Gasteiger partial charge on any atom is 0.266 e. The van der Waals surface area contributed by atoms with E-state index in [4.69, 9.17) is 5.73 Å². The van der Waals surface area contributed by atoms with E-state index >= 15 is 0 Å². The molecule has 1 nitrogen and oxygen atoms in total. The molecule has 2 N–H and O–H groups in total. The summed E-state index contributed by atoms with van der Waals surface area (Å²) in [6.45, 7) is 1.70. The van der Waals surface area contributed by atoms with E-state index in [2.05, 4.69) is 0 Å². The first-order valence-corrected chi connectivity index (χ1v) is 4.33. The lowest BCUT2D eigenvalue weighted by Gasteiger charge is -2.09. The standard InChI is InChI=1S/C10H12F3N/c1-6(14)5-7-3-2-4-8(9(7)11)10(12)13/h2-4,6,10H,5,14H2,1H3. The Labute approximate surface area is 80.7 Å². The molecular formula is C10H12F3N. The molecular weight excluding hydrogens is 191 g/mol. The minimum absolute atomic E-state index is 0.238. The molecule has 0 amide bonds. The first-order valence-electron chi connectivity index (χ1n) is 4.33. The number of alkyl halides is 2. The highest BCUT2D eigenvalue weighted by molar-refractivity contribution is 5.27. The van der Waals surface area contributed by atoms with Gasteiger partial charge in [-0.15, -0.1) is 0 Å². The molecule has 0 aliphatic rings. The summed E-state index contributed by atoms with van der Waals surface area (Å²) in [6.07, 6.45) is -2.50. The van der Waals surface area contributed by atoms with Crippen molar-refractivity contribution >= 4 is 0 Å². The Balaban J connectivity index is 3.01. The van der Waals surface area contributed by atoms with Crippen molar-refractivity contribution in [3.63, 3.8) is 0 Å². The van der Waals surface area contributed by atoms with Gasteiger partial charge in [0.2, 0.25) is 0 Å². The predicted octanol–water partition coefficient (Wildman–Crippen LogP) is 2.65. The Morgan fingerprint density at radius 3 is 2.50 bits per heavy atom. The normalized spacial score (nSPS) is 13.3. The van der Waals surface area contributed by atoms with Crippen LogP contribution in [0.25, 0.3) is 0 Å². The van der Waals surface area contributed by atoms with E-state index in [0.717, 1.165) is 6.07 Å². The van der Waals surface area contributed by atoms with Crippen LogP contribution in [0.5, 0.6) is 0 Å². The first kappa shape index (κ1) is 11.0. The van der Waals surface area contributed by atoms with Crippen molar-refractivity contribution in [2.45, 2.75) is 25.8 Å². The van der Waals surface area contributed by atoms with Crippen molar-refractivity contribution in [1.29, 1.82) is 0 Å². The van der Waals surface area contributed by atoms with Crippen LogP contribution in [0.1, 0.15) is 24.5 Å². The molecule has 0 saturated heterocycles. The molecule has 0 saturated carbocycles. The van der Waals surface area contributed by atoms with Crippen molar-refractivity contribution in [3.8, 4) is 0 Å². The maximum absolute atomic E-state index is 13.3. The zero-order valence-electron chi connectivity index (χ0n) is 7.81. The van der Waals surface area contributed by atoms with Gasteiger partial charge in [0.15, 0.2) is 0 Å². The van der Waals surface area contributed by atoms with Gasteiger partial charge in [-0.2, -0.15) is 0 Å². The Morgan fingerprint density at radius 1 is 1.36 bits per heavy atom. The van der Waals surface area contributed by atoms with E-state index in [1.54, 1.807) is 6.92 Å². The SMILES string of the molecule is CC(N)Cc1cccc(C(F)F)c1F. The summed E-state index contributed by atoms with van der Waals surface area (Å²) in [6, 6.07) is 3.75. The van der Waals surface area contributed by atoms with Gasteiger partial charge in [-0.3, -0.25) is 0 Å². The highest BCUT2D eigenvalue weighted by Gasteiger charge is 2.16. The predicted molar refractivity (Wildman–Crippen MR) is 48.7 cm³/mol.